The van der Waals surface area contributed by atoms with Crippen molar-refractivity contribution in [3.63, 3.8) is 0 Å². The standard InChI is InChI=1S/C19H24F2N4O3/c1-14(24-6-4-18(5-7-24)27-8-9-28-18)19(26,11-25-13-22-12-23-25)16-3-2-15(20)10-17(16)21/h2-3,10,12-14,26H,4-9,11H2,1H3/t14-,19?/m1/s1. The van der Waals surface area contributed by atoms with Crippen LogP contribution in [-0.2, 0) is 21.6 Å². The molecule has 0 aliphatic carbocycles. The lowest BCUT2D eigenvalue weighted by Gasteiger charge is -2.45. The molecule has 2 aliphatic heterocycles. The van der Waals surface area contributed by atoms with Crippen molar-refractivity contribution in [1.82, 2.24) is 19.7 Å². The van der Waals surface area contributed by atoms with Crippen LogP contribution >= 0.6 is 0 Å². The number of likely N-dealkylation sites (tertiary alicyclic amines) is 1. The molecular weight excluding hydrogens is 370 g/mol. The molecule has 4 rings (SSSR count). The molecule has 1 aromatic carbocycles. The minimum atomic E-state index is -1.63. The van der Waals surface area contributed by atoms with Gasteiger partial charge in [0.2, 0.25) is 0 Å². The van der Waals surface area contributed by atoms with Gasteiger partial charge in [-0.1, -0.05) is 6.07 Å². The Morgan fingerprint density at radius 3 is 2.57 bits per heavy atom. The third-order valence-corrected chi connectivity index (χ3v) is 5.88. The van der Waals surface area contributed by atoms with Gasteiger partial charge >= 0.3 is 0 Å². The van der Waals surface area contributed by atoms with Crippen LogP contribution in [0.1, 0.15) is 25.3 Å². The van der Waals surface area contributed by atoms with Crippen LogP contribution in [-0.4, -0.2) is 62.9 Å². The molecular formula is C19H24F2N4O3. The summed E-state index contributed by atoms with van der Waals surface area (Å²) in [6.07, 6.45) is 4.15. The number of rotatable bonds is 5. The van der Waals surface area contributed by atoms with Crippen LogP contribution in [0.15, 0.2) is 30.9 Å². The molecule has 2 aromatic rings. The molecule has 9 heteroatoms. The summed E-state index contributed by atoms with van der Waals surface area (Å²) >= 11 is 0. The molecule has 0 radical (unpaired) electrons. The highest BCUT2D eigenvalue weighted by atomic mass is 19.1. The lowest BCUT2D eigenvalue weighted by molar-refractivity contribution is -0.194. The number of nitrogens with zero attached hydrogens (tertiary/aromatic N) is 4. The molecule has 2 fully saturated rings. The Hall–Kier alpha value is -1.94. The zero-order valence-corrected chi connectivity index (χ0v) is 15.7. The highest BCUT2D eigenvalue weighted by Crippen LogP contribution is 2.37. The Morgan fingerprint density at radius 2 is 1.96 bits per heavy atom. The quantitative estimate of drug-likeness (QED) is 0.832. The van der Waals surface area contributed by atoms with Crippen LogP contribution in [0.2, 0.25) is 0 Å². The van der Waals surface area contributed by atoms with E-state index in [9.17, 15) is 13.9 Å². The van der Waals surface area contributed by atoms with Crippen LogP contribution in [0.3, 0.4) is 0 Å². The van der Waals surface area contributed by atoms with Crippen molar-refractivity contribution < 1.29 is 23.4 Å². The van der Waals surface area contributed by atoms with E-state index in [1.807, 2.05) is 6.92 Å². The Balaban J connectivity index is 1.61. The maximum atomic E-state index is 14.6. The number of piperidine rings is 1. The van der Waals surface area contributed by atoms with E-state index in [0.717, 1.165) is 12.1 Å². The summed E-state index contributed by atoms with van der Waals surface area (Å²) in [5.74, 6) is -2.01. The molecule has 2 aliphatic rings. The first-order valence-corrected chi connectivity index (χ1v) is 9.44. The fourth-order valence-corrected chi connectivity index (χ4v) is 4.18. The van der Waals surface area contributed by atoms with Gasteiger partial charge in [-0.15, -0.1) is 0 Å². The summed E-state index contributed by atoms with van der Waals surface area (Å²) in [6.45, 7) is 4.27. The number of hydrogen-bond acceptors (Lipinski definition) is 6. The predicted octanol–water partition coefficient (Wildman–Crippen LogP) is 1.67. The van der Waals surface area contributed by atoms with Gasteiger partial charge in [0.1, 0.15) is 29.9 Å². The van der Waals surface area contributed by atoms with E-state index in [1.165, 1.54) is 23.4 Å². The van der Waals surface area contributed by atoms with E-state index in [-0.39, 0.29) is 12.1 Å². The Labute approximate surface area is 161 Å². The fraction of sp³-hybridized carbons (Fsp3) is 0.579. The second-order valence-corrected chi connectivity index (χ2v) is 7.46. The first kappa shape index (κ1) is 19.4. The van der Waals surface area contributed by atoms with Gasteiger partial charge in [0, 0.05) is 43.6 Å². The smallest absolute Gasteiger partial charge is 0.170 e. The van der Waals surface area contributed by atoms with E-state index in [0.29, 0.717) is 39.1 Å². The normalized spacial score (nSPS) is 23.0. The highest BCUT2D eigenvalue weighted by Gasteiger charge is 2.46. The fourth-order valence-electron chi connectivity index (χ4n) is 4.18. The van der Waals surface area contributed by atoms with Crippen LogP contribution in [0, 0.1) is 11.6 Å². The molecule has 1 spiro atoms. The number of ether oxygens (including phenoxy) is 2. The van der Waals surface area contributed by atoms with Crippen molar-refractivity contribution in [2.75, 3.05) is 26.3 Å². The Morgan fingerprint density at radius 1 is 1.25 bits per heavy atom. The van der Waals surface area contributed by atoms with Crippen molar-refractivity contribution in [3.05, 3.63) is 48.1 Å². The average molecular weight is 394 g/mol. The number of benzene rings is 1. The largest absolute Gasteiger partial charge is 0.381 e. The number of aliphatic hydroxyl groups is 1. The lowest BCUT2D eigenvalue weighted by Crippen LogP contribution is -2.56. The molecule has 1 N–H and O–H groups in total. The predicted molar refractivity (Wildman–Crippen MR) is 95.2 cm³/mol. The van der Waals surface area contributed by atoms with Gasteiger partial charge in [-0.2, -0.15) is 5.10 Å². The van der Waals surface area contributed by atoms with Crippen molar-refractivity contribution in [1.29, 1.82) is 0 Å². The maximum Gasteiger partial charge on any atom is 0.170 e. The summed E-state index contributed by atoms with van der Waals surface area (Å²) in [5.41, 5.74) is -1.60. The van der Waals surface area contributed by atoms with Gasteiger partial charge in [-0.05, 0) is 13.0 Å². The van der Waals surface area contributed by atoms with Gasteiger partial charge in [-0.3, -0.25) is 4.90 Å². The highest BCUT2D eigenvalue weighted by molar-refractivity contribution is 5.27. The first-order chi connectivity index (χ1) is 13.4. The van der Waals surface area contributed by atoms with Gasteiger partial charge in [-0.25, -0.2) is 18.4 Å². The maximum absolute atomic E-state index is 14.6. The zero-order valence-electron chi connectivity index (χ0n) is 15.7. The third kappa shape index (κ3) is 3.55. The molecule has 152 valence electrons. The van der Waals surface area contributed by atoms with Crippen LogP contribution in [0.4, 0.5) is 8.78 Å². The number of hydrogen-bond donors (Lipinski definition) is 1. The third-order valence-electron chi connectivity index (χ3n) is 5.88. The molecule has 2 saturated heterocycles. The molecule has 0 saturated carbocycles. The number of aromatic nitrogens is 3. The van der Waals surface area contributed by atoms with E-state index >= 15 is 0 Å². The van der Waals surface area contributed by atoms with Gasteiger partial charge < -0.3 is 14.6 Å². The Bertz CT molecular complexity index is 804. The monoisotopic (exact) mass is 394 g/mol. The van der Waals surface area contributed by atoms with Crippen molar-refractivity contribution in [2.24, 2.45) is 0 Å². The van der Waals surface area contributed by atoms with Crippen molar-refractivity contribution >= 4 is 0 Å². The van der Waals surface area contributed by atoms with Gasteiger partial charge in [0.15, 0.2) is 5.79 Å². The van der Waals surface area contributed by atoms with Crippen LogP contribution in [0.25, 0.3) is 0 Å². The van der Waals surface area contributed by atoms with Crippen molar-refractivity contribution in [2.45, 2.75) is 43.7 Å². The molecule has 0 bridgehead atoms. The number of halogens is 2. The zero-order chi connectivity index (χ0) is 19.8. The molecule has 28 heavy (non-hydrogen) atoms. The molecule has 2 atom stereocenters. The van der Waals surface area contributed by atoms with E-state index < -0.39 is 29.1 Å². The topological polar surface area (TPSA) is 72.6 Å². The summed E-state index contributed by atoms with van der Waals surface area (Å²) in [5, 5.41) is 15.7. The molecule has 1 unspecified atom stereocenters. The van der Waals surface area contributed by atoms with Crippen LogP contribution < -0.4 is 0 Å². The summed E-state index contributed by atoms with van der Waals surface area (Å²) in [6, 6.07) is 2.78. The first-order valence-electron chi connectivity index (χ1n) is 9.44. The molecule has 1 aromatic heterocycles. The SMILES string of the molecule is C[C@@H](N1CCC2(CC1)OCCO2)C(O)(Cn1cncn1)c1ccc(F)cc1F. The summed E-state index contributed by atoms with van der Waals surface area (Å²) in [7, 11) is 0. The van der Waals surface area contributed by atoms with E-state index in [1.54, 1.807) is 0 Å². The van der Waals surface area contributed by atoms with E-state index in [4.69, 9.17) is 9.47 Å². The molecule has 7 nitrogen and oxygen atoms in total. The van der Waals surface area contributed by atoms with E-state index in [2.05, 4.69) is 15.0 Å². The second kappa shape index (κ2) is 7.47. The minimum absolute atomic E-state index is 0.00857. The summed E-state index contributed by atoms with van der Waals surface area (Å²) in [4.78, 5) is 5.98. The molecule has 3 heterocycles. The molecule has 0 amide bonds. The van der Waals surface area contributed by atoms with Gasteiger partial charge in [0.25, 0.3) is 0 Å². The van der Waals surface area contributed by atoms with Crippen molar-refractivity contribution in [3.8, 4) is 0 Å². The summed E-state index contributed by atoms with van der Waals surface area (Å²) < 4.78 is 41.1. The Kier molecular flexibility index (Phi) is 5.17. The average Bonchev–Trinajstić information content (AvgIpc) is 3.34. The second-order valence-electron chi connectivity index (χ2n) is 7.46. The van der Waals surface area contributed by atoms with Crippen LogP contribution in [0.5, 0.6) is 0 Å². The van der Waals surface area contributed by atoms with Gasteiger partial charge in [0.05, 0.1) is 19.8 Å². The lowest BCUT2D eigenvalue weighted by atomic mass is 9.84. The minimum Gasteiger partial charge on any atom is -0.381 e.